The van der Waals surface area contributed by atoms with Crippen molar-refractivity contribution in [1.29, 1.82) is 5.26 Å². The fraction of sp³-hybridized carbons (Fsp3) is 0.333. The minimum absolute atomic E-state index is 0.124. The van der Waals surface area contributed by atoms with E-state index in [1.54, 1.807) is 12.1 Å². The summed E-state index contributed by atoms with van der Waals surface area (Å²) in [4.78, 5) is 12.6. The van der Waals surface area contributed by atoms with Crippen molar-refractivity contribution in [2.75, 3.05) is 29.9 Å². The van der Waals surface area contributed by atoms with Gasteiger partial charge in [-0.1, -0.05) is 0 Å². The van der Waals surface area contributed by atoms with Gasteiger partial charge < -0.3 is 15.3 Å². The van der Waals surface area contributed by atoms with E-state index in [0.29, 0.717) is 12.1 Å². The van der Waals surface area contributed by atoms with E-state index in [0.717, 1.165) is 24.5 Å². The van der Waals surface area contributed by atoms with Crippen LogP contribution in [0.15, 0.2) is 18.2 Å². The van der Waals surface area contributed by atoms with E-state index in [4.69, 9.17) is 10.4 Å². The molecule has 0 saturated heterocycles. The normalized spacial score (nSPS) is 13.5. The Morgan fingerprint density at radius 3 is 3.12 bits per heavy atom. The molecule has 88 valence electrons. The second kappa shape index (κ2) is 4.74. The van der Waals surface area contributed by atoms with Crippen molar-refractivity contribution in [3.05, 3.63) is 23.8 Å². The molecular formula is C12H13N3O2. The molecule has 5 nitrogen and oxygen atoms in total. The Kier molecular flexibility index (Phi) is 3.15. The van der Waals surface area contributed by atoms with Crippen LogP contribution in [0.1, 0.15) is 12.0 Å². The number of rotatable bonds is 3. The SMILES string of the molecule is N#Cc1ccc2c(c1)NCCN2CCC(=O)O. The molecule has 5 heteroatoms. The van der Waals surface area contributed by atoms with E-state index in [9.17, 15) is 4.79 Å². The summed E-state index contributed by atoms with van der Waals surface area (Å²) in [5, 5.41) is 20.7. The van der Waals surface area contributed by atoms with E-state index in [1.165, 1.54) is 0 Å². The highest BCUT2D eigenvalue weighted by atomic mass is 16.4. The van der Waals surface area contributed by atoms with Gasteiger partial charge in [0, 0.05) is 19.6 Å². The molecular weight excluding hydrogens is 218 g/mol. The molecule has 1 aliphatic heterocycles. The van der Waals surface area contributed by atoms with E-state index in [-0.39, 0.29) is 6.42 Å². The van der Waals surface area contributed by atoms with Crippen LogP contribution in [-0.4, -0.2) is 30.7 Å². The molecule has 0 fully saturated rings. The highest BCUT2D eigenvalue weighted by molar-refractivity contribution is 5.75. The van der Waals surface area contributed by atoms with Crippen molar-refractivity contribution < 1.29 is 9.90 Å². The van der Waals surface area contributed by atoms with Gasteiger partial charge in [-0.25, -0.2) is 0 Å². The number of hydrogen-bond acceptors (Lipinski definition) is 4. The van der Waals surface area contributed by atoms with Gasteiger partial charge in [-0.15, -0.1) is 0 Å². The smallest absolute Gasteiger partial charge is 0.305 e. The van der Waals surface area contributed by atoms with E-state index in [1.807, 2.05) is 11.0 Å². The van der Waals surface area contributed by atoms with Gasteiger partial charge in [0.25, 0.3) is 0 Å². The molecule has 0 amide bonds. The second-order valence-corrected chi connectivity index (χ2v) is 3.90. The van der Waals surface area contributed by atoms with Gasteiger partial charge in [0.2, 0.25) is 0 Å². The number of carboxylic acid groups (broad SMARTS) is 1. The number of fused-ring (bicyclic) bond motifs is 1. The first-order chi connectivity index (χ1) is 8.20. The molecule has 0 bridgehead atoms. The van der Waals surface area contributed by atoms with Crippen molar-refractivity contribution in [3.8, 4) is 6.07 Å². The van der Waals surface area contributed by atoms with Gasteiger partial charge in [-0.2, -0.15) is 5.26 Å². The zero-order valence-corrected chi connectivity index (χ0v) is 9.31. The monoisotopic (exact) mass is 231 g/mol. The fourth-order valence-electron chi connectivity index (χ4n) is 1.93. The third kappa shape index (κ3) is 2.48. The number of carbonyl (C=O) groups is 1. The van der Waals surface area contributed by atoms with Gasteiger partial charge in [-0.05, 0) is 18.2 Å². The van der Waals surface area contributed by atoms with Gasteiger partial charge in [-0.3, -0.25) is 4.79 Å². The van der Waals surface area contributed by atoms with Crippen molar-refractivity contribution in [2.24, 2.45) is 0 Å². The molecule has 1 aromatic carbocycles. The van der Waals surface area contributed by atoms with Gasteiger partial charge in [0.1, 0.15) is 0 Å². The number of nitrogens with one attached hydrogen (secondary N) is 1. The van der Waals surface area contributed by atoms with Crippen LogP contribution >= 0.6 is 0 Å². The van der Waals surface area contributed by atoms with Crippen LogP contribution < -0.4 is 10.2 Å². The van der Waals surface area contributed by atoms with E-state index < -0.39 is 5.97 Å². The van der Waals surface area contributed by atoms with Gasteiger partial charge >= 0.3 is 5.97 Å². The average Bonchev–Trinajstić information content (AvgIpc) is 2.35. The maximum absolute atomic E-state index is 10.6. The average molecular weight is 231 g/mol. The predicted octanol–water partition coefficient (Wildman–Crippen LogP) is 1.26. The third-order valence-electron chi connectivity index (χ3n) is 2.76. The lowest BCUT2D eigenvalue weighted by Crippen LogP contribution is -2.35. The summed E-state index contributed by atoms with van der Waals surface area (Å²) in [6.45, 7) is 2.05. The zero-order chi connectivity index (χ0) is 12.3. The standard InChI is InChI=1S/C12H13N3O2/c13-8-9-1-2-11-10(7-9)14-4-6-15(11)5-3-12(16)17/h1-2,7,14H,3-6H2,(H,16,17). The maximum atomic E-state index is 10.6. The highest BCUT2D eigenvalue weighted by Crippen LogP contribution is 2.29. The van der Waals surface area contributed by atoms with Gasteiger partial charge in [0.05, 0.1) is 29.4 Å². The second-order valence-electron chi connectivity index (χ2n) is 3.90. The molecule has 0 saturated carbocycles. The largest absolute Gasteiger partial charge is 0.481 e. The van der Waals surface area contributed by atoms with Crippen LogP contribution in [0.4, 0.5) is 11.4 Å². The summed E-state index contributed by atoms with van der Waals surface area (Å²) >= 11 is 0. The lowest BCUT2D eigenvalue weighted by Gasteiger charge is -2.31. The Labute approximate surface area is 99.3 Å². The van der Waals surface area contributed by atoms with E-state index >= 15 is 0 Å². The number of carboxylic acids is 1. The Balaban J connectivity index is 2.20. The molecule has 0 aliphatic carbocycles. The number of benzene rings is 1. The quantitative estimate of drug-likeness (QED) is 0.819. The number of anilines is 2. The highest BCUT2D eigenvalue weighted by Gasteiger charge is 2.17. The van der Waals surface area contributed by atoms with E-state index in [2.05, 4.69) is 11.4 Å². The number of nitriles is 1. The minimum atomic E-state index is -0.793. The van der Waals surface area contributed by atoms with Crippen molar-refractivity contribution in [3.63, 3.8) is 0 Å². The lowest BCUT2D eigenvalue weighted by atomic mass is 10.1. The molecule has 17 heavy (non-hydrogen) atoms. The molecule has 0 unspecified atom stereocenters. The Hall–Kier alpha value is -2.22. The van der Waals surface area contributed by atoms with Crippen LogP contribution in [0.2, 0.25) is 0 Å². The van der Waals surface area contributed by atoms with Crippen LogP contribution in [0, 0.1) is 11.3 Å². The molecule has 2 rings (SSSR count). The molecule has 1 aromatic rings. The first-order valence-electron chi connectivity index (χ1n) is 5.45. The Morgan fingerprint density at radius 2 is 2.41 bits per heavy atom. The van der Waals surface area contributed by atoms with Crippen LogP contribution in [-0.2, 0) is 4.79 Å². The number of aliphatic carboxylic acids is 1. The first kappa shape index (κ1) is 11.3. The predicted molar refractivity (Wildman–Crippen MR) is 64.1 cm³/mol. The summed E-state index contributed by atoms with van der Waals surface area (Å²) in [6, 6.07) is 7.50. The molecule has 0 aromatic heterocycles. The molecule has 0 spiro atoms. The summed E-state index contributed by atoms with van der Waals surface area (Å²) in [5.74, 6) is -0.793. The minimum Gasteiger partial charge on any atom is -0.481 e. The van der Waals surface area contributed by atoms with Crippen molar-refractivity contribution in [2.45, 2.75) is 6.42 Å². The first-order valence-corrected chi connectivity index (χ1v) is 5.45. The molecule has 0 radical (unpaired) electrons. The fourth-order valence-corrected chi connectivity index (χ4v) is 1.93. The summed E-state index contributed by atoms with van der Waals surface area (Å²) in [6.07, 6.45) is 0.124. The van der Waals surface area contributed by atoms with Gasteiger partial charge in [0.15, 0.2) is 0 Å². The molecule has 2 N–H and O–H groups in total. The molecule has 0 atom stereocenters. The van der Waals surface area contributed by atoms with Crippen LogP contribution in [0.3, 0.4) is 0 Å². The molecule has 1 aliphatic rings. The topological polar surface area (TPSA) is 76.4 Å². The van der Waals surface area contributed by atoms with Crippen LogP contribution in [0.5, 0.6) is 0 Å². The Morgan fingerprint density at radius 1 is 1.59 bits per heavy atom. The number of hydrogen-bond donors (Lipinski definition) is 2. The maximum Gasteiger partial charge on any atom is 0.305 e. The zero-order valence-electron chi connectivity index (χ0n) is 9.31. The lowest BCUT2D eigenvalue weighted by molar-refractivity contribution is -0.136. The third-order valence-corrected chi connectivity index (χ3v) is 2.76. The molecule has 1 heterocycles. The summed E-state index contributed by atoms with van der Waals surface area (Å²) in [5.41, 5.74) is 2.48. The van der Waals surface area contributed by atoms with Crippen molar-refractivity contribution in [1.82, 2.24) is 0 Å². The number of nitrogens with zero attached hydrogens (tertiary/aromatic N) is 2. The summed E-state index contributed by atoms with van der Waals surface area (Å²) in [7, 11) is 0. The summed E-state index contributed by atoms with van der Waals surface area (Å²) < 4.78 is 0. The Bertz CT molecular complexity index is 479. The van der Waals surface area contributed by atoms with Crippen LogP contribution in [0.25, 0.3) is 0 Å². The van der Waals surface area contributed by atoms with Crippen molar-refractivity contribution >= 4 is 17.3 Å².